The molecule has 0 aliphatic rings. The Labute approximate surface area is 279 Å². The van der Waals surface area contributed by atoms with Crippen LogP contribution in [0.2, 0.25) is 0 Å². The highest BCUT2D eigenvalue weighted by Gasteiger charge is 2.14. The first-order valence-corrected chi connectivity index (χ1v) is 19.1. The Kier molecular flexibility index (Phi) is 34.7. The minimum absolute atomic E-state index is 0.0544. The molecule has 0 aromatic heterocycles. The average Bonchev–Trinajstić information content (AvgIpc) is 3.02. The fourth-order valence-electron chi connectivity index (χ4n) is 5.46. The van der Waals surface area contributed by atoms with E-state index in [4.69, 9.17) is 9.84 Å². The first kappa shape index (κ1) is 42.9. The molecule has 0 saturated heterocycles. The van der Waals surface area contributed by atoms with Gasteiger partial charge in [-0.3, -0.25) is 9.59 Å². The molecular weight excluding hydrogens is 556 g/mol. The molecule has 0 radical (unpaired) electrons. The number of aliphatic carboxylic acids is 1. The summed E-state index contributed by atoms with van der Waals surface area (Å²) in [5.74, 6) is -0.822. The lowest BCUT2D eigenvalue weighted by Crippen LogP contribution is -2.18. The number of hydrogen-bond donors (Lipinski definition) is 1. The zero-order chi connectivity index (χ0) is 32.9. The van der Waals surface area contributed by atoms with E-state index in [1.165, 1.54) is 96.3 Å². The summed E-state index contributed by atoms with van der Waals surface area (Å²) < 4.78 is 5.87. The van der Waals surface area contributed by atoms with Gasteiger partial charge in [0.1, 0.15) is 6.10 Å². The zero-order valence-electron chi connectivity index (χ0n) is 29.7. The second-order valence-corrected chi connectivity index (χ2v) is 12.8. The number of carboxylic acids is 1. The molecule has 4 nitrogen and oxygen atoms in total. The molecule has 0 amide bonds. The van der Waals surface area contributed by atoms with Gasteiger partial charge in [-0.15, -0.1) is 0 Å². The number of carbonyl (C=O) groups is 2. The summed E-state index contributed by atoms with van der Waals surface area (Å²) in [5.41, 5.74) is 0. The highest BCUT2D eigenvalue weighted by Crippen LogP contribution is 2.18. The molecule has 0 heterocycles. The summed E-state index contributed by atoms with van der Waals surface area (Å²) in [6, 6.07) is 0. The van der Waals surface area contributed by atoms with Gasteiger partial charge in [-0.1, -0.05) is 146 Å². The molecule has 1 N–H and O–H groups in total. The van der Waals surface area contributed by atoms with E-state index >= 15 is 0 Å². The fraction of sp³-hybridized carbons (Fsp3) is 0.756. The molecule has 0 aliphatic carbocycles. The topological polar surface area (TPSA) is 63.6 Å². The van der Waals surface area contributed by atoms with Gasteiger partial charge in [-0.25, -0.2) is 0 Å². The van der Waals surface area contributed by atoms with Crippen molar-refractivity contribution < 1.29 is 19.4 Å². The monoisotopic (exact) mass is 629 g/mol. The lowest BCUT2D eigenvalue weighted by molar-refractivity contribution is -0.150. The van der Waals surface area contributed by atoms with Crippen LogP contribution in [0, 0.1) is 0 Å². The Balaban J connectivity index is 3.89. The Morgan fingerprint density at radius 3 is 1.40 bits per heavy atom. The molecule has 0 aromatic rings. The number of ether oxygens (including phenoxy) is 1. The third-order valence-electron chi connectivity index (χ3n) is 8.30. The lowest BCUT2D eigenvalue weighted by Gasteiger charge is -2.18. The Hall–Kier alpha value is -2.10. The third kappa shape index (κ3) is 36.2. The first-order chi connectivity index (χ1) is 22.1. The lowest BCUT2D eigenvalue weighted by atomic mass is 10.0. The van der Waals surface area contributed by atoms with E-state index < -0.39 is 5.97 Å². The molecule has 1 unspecified atom stereocenters. The van der Waals surface area contributed by atoms with Crippen LogP contribution < -0.4 is 0 Å². The summed E-state index contributed by atoms with van der Waals surface area (Å²) in [7, 11) is 0. The highest BCUT2D eigenvalue weighted by atomic mass is 16.5. The summed E-state index contributed by atoms with van der Waals surface area (Å²) in [4.78, 5) is 23.4. The fourth-order valence-corrected chi connectivity index (χ4v) is 5.46. The molecule has 0 rings (SSSR count). The van der Waals surface area contributed by atoms with E-state index in [2.05, 4.69) is 62.5 Å². The van der Waals surface area contributed by atoms with E-state index in [0.29, 0.717) is 12.8 Å². The van der Waals surface area contributed by atoms with Gasteiger partial charge in [0.15, 0.2) is 0 Å². The molecule has 260 valence electrons. The maximum absolute atomic E-state index is 12.5. The van der Waals surface area contributed by atoms with Crippen molar-refractivity contribution in [1.29, 1.82) is 0 Å². The normalized spacial score (nSPS) is 12.8. The molecule has 4 heteroatoms. The van der Waals surface area contributed by atoms with Crippen molar-refractivity contribution in [3.63, 3.8) is 0 Å². The maximum atomic E-state index is 12.5. The number of carbonyl (C=O) groups excluding carboxylic acids is 1. The summed E-state index contributed by atoms with van der Waals surface area (Å²) in [6.45, 7) is 4.50. The number of carboxylic acid groups (broad SMARTS) is 1. The second-order valence-electron chi connectivity index (χ2n) is 12.8. The van der Waals surface area contributed by atoms with Gasteiger partial charge < -0.3 is 9.84 Å². The number of unbranched alkanes of at least 4 members (excludes halogenated alkanes) is 17. The van der Waals surface area contributed by atoms with Crippen molar-refractivity contribution in [3.05, 3.63) is 48.6 Å². The van der Waals surface area contributed by atoms with Crippen LogP contribution >= 0.6 is 0 Å². The predicted molar refractivity (Wildman–Crippen MR) is 195 cm³/mol. The van der Waals surface area contributed by atoms with E-state index in [1.54, 1.807) is 0 Å². The van der Waals surface area contributed by atoms with Crippen molar-refractivity contribution in [2.24, 2.45) is 0 Å². The van der Waals surface area contributed by atoms with Crippen LogP contribution in [-0.2, 0) is 14.3 Å². The molecule has 0 fully saturated rings. The maximum Gasteiger partial charge on any atom is 0.306 e. The SMILES string of the molecule is CCCCC/C=C\C/C=C\C/C=C\C/C=C\CCCCCCCC(=O)OC(CCCCCCCCCCC)CCCCC(=O)O. The van der Waals surface area contributed by atoms with E-state index in [9.17, 15) is 9.59 Å². The average molecular weight is 629 g/mol. The van der Waals surface area contributed by atoms with Crippen molar-refractivity contribution >= 4 is 11.9 Å². The number of allylic oxidation sites excluding steroid dienone is 8. The van der Waals surface area contributed by atoms with Crippen LogP contribution in [0.1, 0.15) is 194 Å². The molecule has 0 saturated carbocycles. The zero-order valence-corrected chi connectivity index (χ0v) is 29.7. The first-order valence-electron chi connectivity index (χ1n) is 19.1. The smallest absolute Gasteiger partial charge is 0.306 e. The molecule has 0 aromatic carbocycles. The van der Waals surface area contributed by atoms with Gasteiger partial charge in [0.25, 0.3) is 0 Å². The molecular formula is C41H72O4. The van der Waals surface area contributed by atoms with Crippen LogP contribution in [-0.4, -0.2) is 23.1 Å². The molecule has 1 atom stereocenters. The highest BCUT2D eigenvalue weighted by molar-refractivity contribution is 5.69. The van der Waals surface area contributed by atoms with Crippen molar-refractivity contribution in [2.75, 3.05) is 0 Å². The number of esters is 1. The Morgan fingerprint density at radius 2 is 0.867 bits per heavy atom. The minimum atomic E-state index is -0.748. The standard InChI is InChI=1S/C41H72O4/c1-3-5-7-9-11-13-14-15-16-17-18-19-20-21-22-23-24-26-28-30-32-38-41(44)45-39(36-33-34-37-40(42)43)35-31-29-27-25-12-10-8-6-4-2/h11,13,15-16,18-19,21-22,39H,3-10,12,14,17,20,23-38H2,1-2H3,(H,42,43)/b13-11-,16-15-,19-18-,22-21-. The van der Waals surface area contributed by atoms with Gasteiger partial charge in [-0.2, -0.15) is 0 Å². The number of rotatable bonds is 34. The van der Waals surface area contributed by atoms with Crippen LogP contribution in [0.3, 0.4) is 0 Å². The van der Waals surface area contributed by atoms with Crippen LogP contribution in [0.5, 0.6) is 0 Å². The van der Waals surface area contributed by atoms with Gasteiger partial charge in [0.2, 0.25) is 0 Å². The van der Waals surface area contributed by atoms with Crippen LogP contribution in [0.15, 0.2) is 48.6 Å². The van der Waals surface area contributed by atoms with Crippen LogP contribution in [0.4, 0.5) is 0 Å². The van der Waals surface area contributed by atoms with E-state index in [-0.39, 0.29) is 18.5 Å². The summed E-state index contributed by atoms with van der Waals surface area (Å²) in [6.07, 6.45) is 48.3. The minimum Gasteiger partial charge on any atom is -0.481 e. The van der Waals surface area contributed by atoms with Gasteiger partial charge in [-0.05, 0) is 83.5 Å². The molecule has 0 spiro atoms. The van der Waals surface area contributed by atoms with Gasteiger partial charge in [0.05, 0.1) is 0 Å². The van der Waals surface area contributed by atoms with E-state index in [0.717, 1.165) is 64.2 Å². The molecule has 45 heavy (non-hydrogen) atoms. The van der Waals surface area contributed by atoms with Crippen molar-refractivity contribution in [2.45, 2.75) is 200 Å². The predicted octanol–water partition coefficient (Wildman–Crippen LogP) is 13.2. The molecule has 0 bridgehead atoms. The van der Waals surface area contributed by atoms with Gasteiger partial charge >= 0.3 is 11.9 Å². The number of hydrogen-bond acceptors (Lipinski definition) is 3. The van der Waals surface area contributed by atoms with Crippen molar-refractivity contribution in [1.82, 2.24) is 0 Å². The Morgan fingerprint density at radius 1 is 0.489 bits per heavy atom. The largest absolute Gasteiger partial charge is 0.481 e. The van der Waals surface area contributed by atoms with E-state index in [1.807, 2.05) is 0 Å². The van der Waals surface area contributed by atoms with Crippen molar-refractivity contribution in [3.8, 4) is 0 Å². The summed E-state index contributed by atoms with van der Waals surface area (Å²) >= 11 is 0. The Bertz CT molecular complexity index is 763. The quantitative estimate of drug-likeness (QED) is 0.0437. The third-order valence-corrected chi connectivity index (χ3v) is 8.30. The summed E-state index contributed by atoms with van der Waals surface area (Å²) in [5, 5.41) is 8.92. The second kappa shape index (κ2) is 36.4. The molecule has 0 aliphatic heterocycles. The van der Waals surface area contributed by atoms with Gasteiger partial charge in [0, 0.05) is 12.8 Å². The van der Waals surface area contributed by atoms with Crippen LogP contribution in [0.25, 0.3) is 0 Å².